The Hall–Kier alpha value is -1.07. The van der Waals surface area contributed by atoms with Crippen LogP contribution >= 0.6 is 15.9 Å². The largest absolute Gasteiger partial charge is 0.399 e. The van der Waals surface area contributed by atoms with Crippen LogP contribution in [0.1, 0.15) is 23.7 Å². The van der Waals surface area contributed by atoms with Crippen LogP contribution in [0.25, 0.3) is 0 Å². The molecule has 0 spiro atoms. The number of hydrogen-bond donors (Lipinski definition) is 2. The van der Waals surface area contributed by atoms with Crippen molar-refractivity contribution in [1.82, 2.24) is 4.90 Å². The van der Waals surface area contributed by atoms with Crippen molar-refractivity contribution in [3.63, 3.8) is 0 Å². The Morgan fingerprint density at radius 1 is 1.53 bits per heavy atom. The van der Waals surface area contributed by atoms with E-state index in [0.29, 0.717) is 24.2 Å². The number of rotatable bonds is 4. The minimum absolute atomic E-state index is 0.0985. The lowest BCUT2D eigenvalue weighted by molar-refractivity contribution is 0.0769. The SMILES string of the molecule is CC(O)CCN(C)C(=O)c1cc(N)cc(Br)c1. The Morgan fingerprint density at radius 2 is 2.18 bits per heavy atom. The van der Waals surface area contributed by atoms with E-state index in [1.54, 1.807) is 37.1 Å². The molecule has 0 radical (unpaired) electrons. The van der Waals surface area contributed by atoms with Crippen molar-refractivity contribution in [1.29, 1.82) is 0 Å². The maximum atomic E-state index is 12.0. The van der Waals surface area contributed by atoms with Crippen LogP contribution < -0.4 is 5.73 Å². The van der Waals surface area contributed by atoms with Gasteiger partial charge in [-0.1, -0.05) is 15.9 Å². The van der Waals surface area contributed by atoms with Gasteiger partial charge in [-0.05, 0) is 31.5 Å². The van der Waals surface area contributed by atoms with E-state index in [-0.39, 0.29) is 5.91 Å². The van der Waals surface area contributed by atoms with Crippen molar-refractivity contribution in [2.45, 2.75) is 19.4 Å². The topological polar surface area (TPSA) is 66.6 Å². The van der Waals surface area contributed by atoms with Crippen molar-refractivity contribution in [2.75, 3.05) is 19.3 Å². The third kappa shape index (κ3) is 4.36. The Kier molecular flexibility index (Phi) is 4.96. The lowest BCUT2D eigenvalue weighted by Crippen LogP contribution is -2.29. The fourth-order valence-electron chi connectivity index (χ4n) is 1.44. The first kappa shape index (κ1) is 14.0. The predicted octanol–water partition coefficient (Wildman–Crippen LogP) is 1.87. The van der Waals surface area contributed by atoms with Gasteiger partial charge in [0.15, 0.2) is 0 Å². The summed E-state index contributed by atoms with van der Waals surface area (Å²) in [6, 6.07) is 5.12. The van der Waals surface area contributed by atoms with Crippen molar-refractivity contribution < 1.29 is 9.90 Å². The highest BCUT2D eigenvalue weighted by molar-refractivity contribution is 9.10. The maximum absolute atomic E-state index is 12.0. The zero-order valence-corrected chi connectivity index (χ0v) is 11.6. The van der Waals surface area contributed by atoms with Crippen molar-refractivity contribution in [3.8, 4) is 0 Å². The smallest absolute Gasteiger partial charge is 0.253 e. The van der Waals surface area contributed by atoms with Crippen LogP contribution in [0.5, 0.6) is 0 Å². The van der Waals surface area contributed by atoms with E-state index in [9.17, 15) is 9.90 Å². The first-order valence-corrected chi connectivity index (χ1v) is 6.19. The highest BCUT2D eigenvalue weighted by Crippen LogP contribution is 2.18. The lowest BCUT2D eigenvalue weighted by atomic mass is 10.1. The van der Waals surface area contributed by atoms with Gasteiger partial charge in [0.1, 0.15) is 0 Å². The van der Waals surface area contributed by atoms with Gasteiger partial charge in [0, 0.05) is 29.3 Å². The number of halogens is 1. The van der Waals surface area contributed by atoms with E-state index in [1.165, 1.54) is 0 Å². The average molecular weight is 301 g/mol. The second-order valence-electron chi connectivity index (χ2n) is 4.14. The number of carbonyl (C=O) groups excluding carboxylic acids is 1. The summed E-state index contributed by atoms with van der Waals surface area (Å²) in [6.07, 6.45) is 0.156. The van der Waals surface area contributed by atoms with E-state index >= 15 is 0 Å². The summed E-state index contributed by atoms with van der Waals surface area (Å²) in [6.45, 7) is 2.22. The molecule has 0 bridgehead atoms. The molecule has 0 fully saturated rings. The third-order valence-electron chi connectivity index (χ3n) is 2.40. The molecule has 1 atom stereocenters. The van der Waals surface area contributed by atoms with E-state index in [4.69, 9.17) is 5.73 Å². The molecule has 0 aliphatic carbocycles. The lowest BCUT2D eigenvalue weighted by Gasteiger charge is -2.18. The van der Waals surface area contributed by atoms with Gasteiger partial charge in [-0.3, -0.25) is 4.79 Å². The molecule has 0 saturated carbocycles. The van der Waals surface area contributed by atoms with Gasteiger partial charge in [-0.15, -0.1) is 0 Å². The molecule has 0 aromatic heterocycles. The van der Waals surface area contributed by atoms with Gasteiger partial charge in [0.05, 0.1) is 6.10 Å². The quantitative estimate of drug-likeness (QED) is 0.834. The third-order valence-corrected chi connectivity index (χ3v) is 2.85. The molecular formula is C12H17BrN2O2. The molecule has 4 nitrogen and oxygen atoms in total. The number of aliphatic hydroxyl groups is 1. The summed E-state index contributed by atoms with van der Waals surface area (Å²) in [5, 5.41) is 9.18. The second-order valence-corrected chi connectivity index (χ2v) is 5.05. The Bertz CT molecular complexity index is 387. The molecule has 0 heterocycles. The number of carbonyl (C=O) groups is 1. The molecule has 0 aliphatic heterocycles. The summed E-state index contributed by atoms with van der Waals surface area (Å²) in [4.78, 5) is 13.6. The number of benzene rings is 1. The molecule has 5 heteroatoms. The molecule has 1 rings (SSSR count). The van der Waals surface area contributed by atoms with Crippen molar-refractivity contribution >= 4 is 27.5 Å². The minimum Gasteiger partial charge on any atom is -0.399 e. The molecule has 17 heavy (non-hydrogen) atoms. The molecule has 0 saturated heterocycles. The number of nitrogen functional groups attached to an aromatic ring is 1. The first-order valence-electron chi connectivity index (χ1n) is 5.39. The van der Waals surface area contributed by atoms with E-state index in [1.807, 2.05) is 0 Å². The Labute approximate surface area is 110 Å². The summed E-state index contributed by atoms with van der Waals surface area (Å²) in [5.74, 6) is -0.0985. The maximum Gasteiger partial charge on any atom is 0.253 e. The summed E-state index contributed by atoms with van der Waals surface area (Å²) in [7, 11) is 1.71. The van der Waals surface area contributed by atoms with Gasteiger partial charge >= 0.3 is 0 Å². The highest BCUT2D eigenvalue weighted by Gasteiger charge is 2.13. The summed E-state index contributed by atoms with van der Waals surface area (Å²) < 4.78 is 0.782. The van der Waals surface area contributed by atoms with E-state index < -0.39 is 6.10 Å². The van der Waals surface area contributed by atoms with Crippen LogP contribution in [0.15, 0.2) is 22.7 Å². The number of hydrogen-bond acceptors (Lipinski definition) is 3. The standard InChI is InChI=1S/C12H17BrN2O2/c1-8(16)3-4-15(2)12(17)9-5-10(13)7-11(14)6-9/h5-8,16H,3-4,14H2,1-2H3. The number of nitrogens with two attached hydrogens (primary N) is 1. The van der Waals surface area contributed by atoms with Crippen molar-refractivity contribution in [2.24, 2.45) is 0 Å². The Morgan fingerprint density at radius 3 is 2.71 bits per heavy atom. The Balaban J connectivity index is 2.74. The zero-order chi connectivity index (χ0) is 13.0. The van der Waals surface area contributed by atoms with Crippen LogP contribution in [0.3, 0.4) is 0 Å². The highest BCUT2D eigenvalue weighted by atomic mass is 79.9. The number of nitrogens with zero attached hydrogens (tertiary/aromatic N) is 1. The summed E-state index contributed by atoms with van der Waals surface area (Å²) >= 11 is 3.30. The van der Waals surface area contributed by atoms with Gasteiger partial charge in [-0.25, -0.2) is 0 Å². The van der Waals surface area contributed by atoms with Gasteiger partial charge in [0.2, 0.25) is 0 Å². The van der Waals surface area contributed by atoms with Gasteiger partial charge in [0.25, 0.3) is 5.91 Å². The molecule has 1 amide bonds. The van der Waals surface area contributed by atoms with Crippen LogP contribution in [0.2, 0.25) is 0 Å². The number of aliphatic hydroxyl groups excluding tert-OH is 1. The van der Waals surface area contributed by atoms with Crippen molar-refractivity contribution in [3.05, 3.63) is 28.2 Å². The molecule has 0 aliphatic rings. The molecule has 1 aromatic rings. The number of amides is 1. The molecule has 3 N–H and O–H groups in total. The molecular weight excluding hydrogens is 284 g/mol. The molecule has 94 valence electrons. The monoisotopic (exact) mass is 300 g/mol. The van der Waals surface area contributed by atoms with Crippen LogP contribution in [0.4, 0.5) is 5.69 Å². The van der Waals surface area contributed by atoms with Gasteiger partial charge in [-0.2, -0.15) is 0 Å². The van der Waals surface area contributed by atoms with Crippen LogP contribution in [-0.2, 0) is 0 Å². The van der Waals surface area contributed by atoms with E-state index in [2.05, 4.69) is 15.9 Å². The van der Waals surface area contributed by atoms with Crippen LogP contribution in [0, 0.1) is 0 Å². The predicted molar refractivity (Wildman–Crippen MR) is 71.8 cm³/mol. The second kappa shape index (κ2) is 6.02. The fraction of sp³-hybridized carbons (Fsp3) is 0.417. The zero-order valence-electron chi connectivity index (χ0n) is 9.98. The first-order chi connectivity index (χ1) is 7.90. The average Bonchev–Trinajstić information content (AvgIpc) is 2.23. The normalized spacial score (nSPS) is 12.2. The van der Waals surface area contributed by atoms with Gasteiger partial charge < -0.3 is 15.7 Å². The number of anilines is 1. The van der Waals surface area contributed by atoms with Crippen LogP contribution in [-0.4, -0.2) is 35.6 Å². The summed E-state index contributed by atoms with van der Waals surface area (Å²) in [5.41, 5.74) is 6.77. The fourth-order valence-corrected chi connectivity index (χ4v) is 1.95. The molecule has 1 unspecified atom stereocenters. The molecule has 1 aromatic carbocycles. The van der Waals surface area contributed by atoms with E-state index in [0.717, 1.165) is 4.47 Å². The minimum atomic E-state index is -0.405.